The van der Waals surface area contributed by atoms with Gasteiger partial charge in [-0.1, -0.05) is 79.7 Å². The SMILES string of the molecule is CCc1ccc(-c2ccccc2C(=O)Nc2ccc(N(C)C3CCN(C(C(=O)NC)c4ccccc4)C3)cc2)cc1. The minimum atomic E-state index is -0.301. The quantitative estimate of drug-likeness (QED) is 0.264. The van der Waals surface area contributed by atoms with Crippen molar-refractivity contribution in [1.82, 2.24) is 10.2 Å². The van der Waals surface area contributed by atoms with E-state index in [4.69, 9.17) is 0 Å². The number of likely N-dealkylation sites (N-methyl/N-ethyl adjacent to an activating group) is 2. The van der Waals surface area contributed by atoms with Crippen molar-refractivity contribution >= 4 is 23.2 Å². The molecule has 0 radical (unpaired) electrons. The number of benzene rings is 4. The van der Waals surface area contributed by atoms with Crippen LogP contribution >= 0.6 is 0 Å². The van der Waals surface area contributed by atoms with E-state index in [9.17, 15) is 9.59 Å². The topological polar surface area (TPSA) is 64.7 Å². The zero-order valence-corrected chi connectivity index (χ0v) is 24.0. The van der Waals surface area contributed by atoms with Gasteiger partial charge in [-0.05, 0) is 65.4 Å². The lowest BCUT2D eigenvalue weighted by molar-refractivity contribution is -0.125. The Bertz CT molecular complexity index is 1470. The van der Waals surface area contributed by atoms with Gasteiger partial charge in [-0.25, -0.2) is 0 Å². The van der Waals surface area contributed by atoms with Gasteiger partial charge in [0.05, 0.1) is 0 Å². The first-order chi connectivity index (χ1) is 20.0. The molecule has 41 heavy (non-hydrogen) atoms. The van der Waals surface area contributed by atoms with E-state index < -0.39 is 0 Å². The minimum absolute atomic E-state index is 0.0131. The molecule has 5 rings (SSSR count). The van der Waals surface area contributed by atoms with Crippen LogP contribution in [0.2, 0.25) is 0 Å². The van der Waals surface area contributed by atoms with Gasteiger partial charge < -0.3 is 15.5 Å². The van der Waals surface area contributed by atoms with Crippen LogP contribution in [-0.4, -0.2) is 49.9 Å². The molecule has 2 unspecified atom stereocenters. The van der Waals surface area contributed by atoms with Gasteiger partial charge >= 0.3 is 0 Å². The summed E-state index contributed by atoms with van der Waals surface area (Å²) in [5.74, 6) is -0.118. The third-order valence-corrected chi connectivity index (χ3v) is 8.10. The number of rotatable bonds is 9. The molecule has 1 fully saturated rings. The number of nitrogens with one attached hydrogen (secondary N) is 2. The van der Waals surface area contributed by atoms with Gasteiger partial charge in [0.2, 0.25) is 5.91 Å². The second kappa shape index (κ2) is 12.8. The monoisotopic (exact) mass is 546 g/mol. The molecule has 1 aliphatic rings. The Morgan fingerprint density at radius 2 is 1.59 bits per heavy atom. The minimum Gasteiger partial charge on any atom is -0.370 e. The molecule has 0 aromatic heterocycles. The van der Waals surface area contributed by atoms with Crippen molar-refractivity contribution in [1.29, 1.82) is 0 Å². The van der Waals surface area contributed by atoms with Crippen LogP contribution in [-0.2, 0) is 11.2 Å². The normalized spacial score (nSPS) is 15.7. The number of likely N-dealkylation sites (tertiary alicyclic amines) is 1. The maximum atomic E-state index is 13.3. The van der Waals surface area contributed by atoms with Crippen LogP contribution in [0.15, 0.2) is 103 Å². The highest BCUT2D eigenvalue weighted by Gasteiger charge is 2.34. The fourth-order valence-corrected chi connectivity index (χ4v) is 5.66. The summed E-state index contributed by atoms with van der Waals surface area (Å²) < 4.78 is 0. The molecule has 0 saturated carbocycles. The first kappa shape index (κ1) is 28.1. The van der Waals surface area contributed by atoms with E-state index in [1.54, 1.807) is 7.05 Å². The van der Waals surface area contributed by atoms with E-state index in [-0.39, 0.29) is 23.9 Å². The Morgan fingerprint density at radius 3 is 2.27 bits per heavy atom. The third-order valence-electron chi connectivity index (χ3n) is 8.10. The zero-order valence-electron chi connectivity index (χ0n) is 24.0. The summed E-state index contributed by atoms with van der Waals surface area (Å²) in [5, 5.41) is 5.91. The summed E-state index contributed by atoms with van der Waals surface area (Å²) in [6.45, 7) is 3.77. The molecule has 6 heteroatoms. The molecule has 2 atom stereocenters. The highest BCUT2D eigenvalue weighted by molar-refractivity contribution is 6.08. The van der Waals surface area contributed by atoms with Crippen molar-refractivity contribution in [2.24, 2.45) is 0 Å². The molecule has 0 bridgehead atoms. The molecule has 4 aromatic rings. The maximum Gasteiger partial charge on any atom is 0.256 e. The number of hydrogen-bond donors (Lipinski definition) is 2. The summed E-state index contributed by atoms with van der Waals surface area (Å²) in [6.07, 6.45) is 1.95. The van der Waals surface area contributed by atoms with E-state index in [0.29, 0.717) is 5.56 Å². The lowest BCUT2D eigenvalue weighted by Crippen LogP contribution is -2.40. The van der Waals surface area contributed by atoms with Crippen molar-refractivity contribution in [3.05, 3.63) is 120 Å². The number of amides is 2. The molecule has 4 aromatic carbocycles. The molecule has 2 N–H and O–H groups in total. The van der Waals surface area contributed by atoms with Crippen molar-refractivity contribution in [3.63, 3.8) is 0 Å². The van der Waals surface area contributed by atoms with E-state index in [1.165, 1.54) is 5.56 Å². The number of nitrogens with zero attached hydrogens (tertiary/aromatic N) is 2. The van der Waals surface area contributed by atoms with Gasteiger partial charge in [-0.2, -0.15) is 0 Å². The van der Waals surface area contributed by atoms with Gasteiger partial charge in [0, 0.05) is 50.2 Å². The fraction of sp³-hybridized carbons (Fsp3) is 0.257. The number of carbonyl (C=O) groups excluding carboxylic acids is 2. The number of carbonyl (C=O) groups is 2. The average Bonchev–Trinajstić information content (AvgIpc) is 3.51. The van der Waals surface area contributed by atoms with Crippen LogP contribution in [0.1, 0.15) is 40.9 Å². The summed E-state index contributed by atoms with van der Waals surface area (Å²) in [6, 6.07) is 34.0. The van der Waals surface area contributed by atoms with Crippen molar-refractivity contribution < 1.29 is 9.59 Å². The number of aryl methyl sites for hydroxylation is 1. The van der Waals surface area contributed by atoms with Gasteiger partial charge in [0.1, 0.15) is 6.04 Å². The molecule has 1 heterocycles. The predicted octanol–water partition coefficient (Wildman–Crippen LogP) is 6.17. The van der Waals surface area contributed by atoms with Crippen LogP contribution < -0.4 is 15.5 Å². The Morgan fingerprint density at radius 1 is 0.902 bits per heavy atom. The highest BCUT2D eigenvalue weighted by atomic mass is 16.2. The molecular formula is C35H38N4O2. The lowest BCUT2D eigenvalue weighted by Gasteiger charge is -2.30. The molecule has 2 amide bonds. The van der Waals surface area contributed by atoms with E-state index >= 15 is 0 Å². The van der Waals surface area contributed by atoms with Crippen LogP contribution in [0, 0.1) is 0 Å². The first-order valence-corrected chi connectivity index (χ1v) is 14.3. The molecule has 1 aliphatic heterocycles. The zero-order chi connectivity index (χ0) is 28.8. The third kappa shape index (κ3) is 6.34. The van der Waals surface area contributed by atoms with Crippen molar-refractivity contribution in [2.75, 3.05) is 37.4 Å². The first-order valence-electron chi connectivity index (χ1n) is 14.3. The van der Waals surface area contributed by atoms with E-state index in [1.807, 2.05) is 78.9 Å². The molecule has 0 spiro atoms. The second-order valence-electron chi connectivity index (χ2n) is 10.6. The Labute approximate surface area is 243 Å². The van der Waals surface area contributed by atoms with Gasteiger partial charge in [-0.3, -0.25) is 14.5 Å². The highest BCUT2D eigenvalue weighted by Crippen LogP contribution is 2.30. The van der Waals surface area contributed by atoms with Crippen LogP contribution in [0.25, 0.3) is 11.1 Å². The van der Waals surface area contributed by atoms with Gasteiger partial charge in [0.15, 0.2) is 0 Å². The summed E-state index contributed by atoms with van der Waals surface area (Å²) >= 11 is 0. The number of anilines is 2. The Balaban J connectivity index is 1.25. The fourth-order valence-electron chi connectivity index (χ4n) is 5.66. The number of hydrogen-bond acceptors (Lipinski definition) is 4. The summed E-state index contributed by atoms with van der Waals surface area (Å²) in [7, 11) is 3.79. The van der Waals surface area contributed by atoms with Crippen LogP contribution in [0.4, 0.5) is 11.4 Å². The summed E-state index contributed by atoms with van der Waals surface area (Å²) in [5.41, 5.74) is 6.70. The Hall–Kier alpha value is -4.42. The standard InChI is InChI=1S/C35H38N4O2/c1-4-25-14-16-26(17-15-25)31-12-8-9-13-32(31)34(40)37-28-18-20-29(21-19-28)38(3)30-22-23-39(24-30)33(35(41)36-2)27-10-6-5-7-11-27/h5-21,30,33H,4,22-24H2,1-3H3,(H,36,41)(H,37,40). The molecule has 6 nitrogen and oxygen atoms in total. The maximum absolute atomic E-state index is 13.3. The smallest absolute Gasteiger partial charge is 0.256 e. The summed E-state index contributed by atoms with van der Waals surface area (Å²) in [4.78, 5) is 30.6. The second-order valence-corrected chi connectivity index (χ2v) is 10.6. The predicted molar refractivity (Wildman–Crippen MR) is 167 cm³/mol. The molecular weight excluding hydrogens is 508 g/mol. The lowest BCUT2D eigenvalue weighted by atomic mass is 9.98. The largest absolute Gasteiger partial charge is 0.370 e. The molecule has 210 valence electrons. The van der Waals surface area contributed by atoms with Gasteiger partial charge in [0.25, 0.3) is 5.91 Å². The van der Waals surface area contributed by atoms with Gasteiger partial charge in [-0.15, -0.1) is 0 Å². The average molecular weight is 547 g/mol. The van der Waals surface area contributed by atoms with Crippen LogP contribution in [0.3, 0.4) is 0 Å². The van der Waals surface area contributed by atoms with E-state index in [2.05, 4.69) is 58.7 Å². The van der Waals surface area contributed by atoms with Crippen LogP contribution in [0.5, 0.6) is 0 Å². The van der Waals surface area contributed by atoms with Crippen molar-refractivity contribution in [3.8, 4) is 11.1 Å². The molecule has 0 aliphatic carbocycles. The Kier molecular flexibility index (Phi) is 8.80. The van der Waals surface area contributed by atoms with E-state index in [0.717, 1.165) is 54.0 Å². The van der Waals surface area contributed by atoms with Crippen molar-refractivity contribution in [2.45, 2.75) is 31.8 Å². The molecule has 1 saturated heterocycles.